The van der Waals surface area contributed by atoms with E-state index in [0.29, 0.717) is 81.3 Å². The Bertz CT molecular complexity index is 1110. The first kappa shape index (κ1) is 32.5. The molecule has 2 fully saturated rings. The number of carbonyl (C=O) groups is 2. The Morgan fingerprint density at radius 1 is 1.26 bits per heavy atom. The van der Waals surface area contributed by atoms with Gasteiger partial charge in [0.2, 0.25) is 17.5 Å². The molecule has 3 atom stereocenters. The number of fused-ring (bicyclic) bond motifs is 1. The molecule has 0 aromatic carbocycles. The van der Waals surface area contributed by atoms with E-state index in [4.69, 9.17) is 29.9 Å². The number of Topliss-reactive ketones (excluding diaryl/α,β-unsaturated/α-hetero) is 2. The number of nitrogens with two attached hydrogens (primary N) is 1. The van der Waals surface area contributed by atoms with Gasteiger partial charge in [-0.25, -0.2) is 4.98 Å². The monoisotopic (exact) mass is 585 g/mol. The van der Waals surface area contributed by atoms with E-state index in [0.717, 1.165) is 62.9 Å². The van der Waals surface area contributed by atoms with Crippen LogP contribution in [0.1, 0.15) is 99.4 Å². The lowest BCUT2D eigenvalue weighted by molar-refractivity contribution is -0.123. The summed E-state index contributed by atoms with van der Waals surface area (Å²) in [6, 6.07) is 0.352. The van der Waals surface area contributed by atoms with E-state index >= 15 is 0 Å². The van der Waals surface area contributed by atoms with E-state index in [1.54, 1.807) is 7.11 Å². The summed E-state index contributed by atoms with van der Waals surface area (Å²) in [6.45, 7) is 9.14. The van der Waals surface area contributed by atoms with E-state index < -0.39 is 5.92 Å². The molecule has 0 amide bonds. The number of ketones is 2. The molecule has 1 saturated carbocycles. The summed E-state index contributed by atoms with van der Waals surface area (Å²) < 4.78 is 17.4. The summed E-state index contributed by atoms with van der Waals surface area (Å²) >= 11 is 0. The maximum absolute atomic E-state index is 14.1. The molecule has 234 valence electrons. The van der Waals surface area contributed by atoms with Crippen molar-refractivity contribution in [1.29, 1.82) is 0 Å². The third-order valence-electron chi connectivity index (χ3n) is 8.90. The summed E-state index contributed by atoms with van der Waals surface area (Å²) in [4.78, 5) is 39.1. The van der Waals surface area contributed by atoms with Crippen molar-refractivity contribution >= 4 is 11.6 Å². The number of hydrogen-bond acceptors (Lipinski definition) is 10. The highest BCUT2D eigenvalue weighted by molar-refractivity contribution is 6.07. The zero-order valence-corrected chi connectivity index (χ0v) is 26.1. The van der Waals surface area contributed by atoms with Crippen LogP contribution in [0.5, 0.6) is 5.88 Å². The number of methoxy groups -OCH3 is 1. The van der Waals surface area contributed by atoms with Gasteiger partial charge in [0, 0.05) is 50.4 Å². The quantitative estimate of drug-likeness (QED) is 0.168. The largest absolute Gasteiger partial charge is 0.477 e. The smallest absolute Gasteiger partial charge is 0.228 e. The molecule has 0 radical (unpaired) electrons. The fourth-order valence-corrected chi connectivity index (χ4v) is 6.25. The van der Waals surface area contributed by atoms with Gasteiger partial charge in [0.25, 0.3) is 0 Å². The van der Waals surface area contributed by atoms with Gasteiger partial charge in [0.15, 0.2) is 0 Å². The lowest BCUT2D eigenvalue weighted by Crippen LogP contribution is -2.51. The average molecular weight is 586 g/mol. The predicted molar refractivity (Wildman–Crippen MR) is 162 cm³/mol. The molecular weight excluding hydrogens is 534 g/mol. The standard InChI is InChI=1S/C32H51N5O5/c1-5-9-25(28(33)24-11-6-7-12-27(24)38)30(39)31-35-29-22(13-15-40-4)16-37(23-19-41-20-23)17-26(29)32(36-31)42-18-21(2)10-8-14-34-3/h21-24,34H,5-20,33H2,1-4H3/b28-25-/t21?,22-,24-/m0/s1. The first-order chi connectivity index (χ1) is 20.4. The summed E-state index contributed by atoms with van der Waals surface area (Å²) in [7, 11) is 3.67. The number of hydrogen-bond donors (Lipinski definition) is 2. The molecular formula is C32H51N5O5. The van der Waals surface area contributed by atoms with Crippen molar-refractivity contribution in [3.8, 4) is 5.88 Å². The molecule has 1 aromatic heterocycles. The van der Waals surface area contributed by atoms with Crippen molar-refractivity contribution in [2.75, 3.05) is 53.7 Å². The number of allylic oxidation sites excluding steroid dienone is 2. The zero-order valence-electron chi connectivity index (χ0n) is 26.1. The zero-order chi connectivity index (χ0) is 30.1. The van der Waals surface area contributed by atoms with Crippen LogP contribution in [0, 0.1) is 11.8 Å². The normalized spacial score (nSPS) is 22.7. The van der Waals surface area contributed by atoms with Crippen molar-refractivity contribution in [1.82, 2.24) is 20.2 Å². The van der Waals surface area contributed by atoms with Crippen molar-refractivity contribution in [3.05, 3.63) is 28.4 Å². The van der Waals surface area contributed by atoms with Gasteiger partial charge in [-0.3, -0.25) is 14.5 Å². The molecule has 1 unspecified atom stereocenters. The Balaban J connectivity index is 1.72. The maximum atomic E-state index is 14.1. The maximum Gasteiger partial charge on any atom is 0.228 e. The first-order valence-electron chi connectivity index (χ1n) is 15.9. The molecule has 0 bridgehead atoms. The third-order valence-corrected chi connectivity index (χ3v) is 8.90. The molecule has 0 spiro atoms. The molecule has 3 N–H and O–H groups in total. The number of nitrogens with one attached hydrogen (secondary N) is 1. The number of ether oxygens (including phenoxy) is 3. The van der Waals surface area contributed by atoms with Gasteiger partial charge in [0.05, 0.1) is 43.0 Å². The Morgan fingerprint density at radius 2 is 2.07 bits per heavy atom. The van der Waals surface area contributed by atoms with Crippen molar-refractivity contribution in [2.24, 2.45) is 17.6 Å². The SMILES string of the molecule is CCC/C(C(=O)c1nc(OCC(C)CCCNC)c2c(n1)[C@@H](CCOC)CN(C1COC1)C2)=C(/N)[C@H]1CCCCC1=O. The van der Waals surface area contributed by atoms with E-state index in [2.05, 4.69) is 17.1 Å². The van der Waals surface area contributed by atoms with Crippen LogP contribution in [-0.4, -0.2) is 86.2 Å². The molecule has 3 aliphatic rings. The van der Waals surface area contributed by atoms with Crippen molar-refractivity contribution in [2.45, 2.75) is 90.1 Å². The van der Waals surface area contributed by atoms with E-state index in [9.17, 15) is 9.59 Å². The van der Waals surface area contributed by atoms with Gasteiger partial charge in [-0.1, -0.05) is 26.7 Å². The average Bonchev–Trinajstić information content (AvgIpc) is 2.96. The molecule has 42 heavy (non-hydrogen) atoms. The lowest BCUT2D eigenvalue weighted by atomic mass is 9.83. The van der Waals surface area contributed by atoms with Crippen LogP contribution < -0.4 is 15.8 Å². The van der Waals surface area contributed by atoms with Crippen LogP contribution in [0.4, 0.5) is 0 Å². The minimum atomic E-state index is -0.399. The van der Waals surface area contributed by atoms with Crippen LogP contribution in [-0.2, 0) is 20.8 Å². The Hall–Kier alpha value is -2.40. The molecule has 1 saturated heterocycles. The van der Waals surface area contributed by atoms with Crippen molar-refractivity contribution in [3.63, 3.8) is 0 Å². The van der Waals surface area contributed by atoms with Gasteiger partial charge >= 0.3 is 0 Å². The van der Waals surface area contributed by atoms with Crippen LogP contribution in [0.2, 0.25) is 0 Å². The molecule has 3 heterocycles. The second-order valence-electron chi connectivity index (χ2n) is 12.3. The molecule has 4 rings (SSSR count). The second-order valence-corrected chi connectivity index (χ2v) is 12.3. The van der Waals surface area contributed by atoms with Gasteiger partial charge in [-0.05, 0) is 58.0 Å². The second kappa shape index (κ2) is 15.9. The molecule has 2 aliphatic heterocycles. The van der Waals surface area contributed by atoms with Crippen LogP contribution in [0.3, 0.4) is 0 Å². The van der Waals surface area contributed by atoms with Gasteiger partial charge in [-0.2, -0.15) is 4.98 Å². The first-order valence-corrected chi connectivity index (χ1v) is 15.9. The Morgan fingerprint density at radius 3 is 2.74 bits per heavy atom. The third kappa shape index (κ3) is 7.95. The van der Waals surface area contributed by atoms with E-state index in [1.807, 2.05) is 14.0 Å². The van der Waals surface area contributed by atoms with Crippen molar-refractivity contribution < 1.29 is 23.8 Å². The van der Waals surface area contributed by atoms with Gasteiger partial charge in [-0.15, -0.1) is 0 Å². The van der Waals surface area contributed by atoms with E-state index in [1.165, 1.54) is 0 Å². The molecule has 10 heteroatoms. The van der Waals surface area contributed by atoms with Crippen LogP contribution in [0.15, 0.2) is 11.3 Å². The van der Waals surface area contributed by atoms with Crippen LogP contribution >= 0.6 is 0 Å². The number of aromatic nitrogens is 2. The van der Waals surface area contributed by atoms with Gasteiger partial charge in [0.1, 0.15) is 5.78 Å². The summed E-state index contributed by atoms with van der Waals surface area (Å²) in [5, 5.41) is 3.20. The lowest BCUT2D eigenvalue weighted by Gasteiger charge is -2.42. The fourth-order valence-electron chi connectivity index (χ4n) is 6.25. The highest BCUT2D eigenvalue weighted by Gasteiger charge is 2.37. The number of carbonyl (C=O) groups excluding carboxylic acids is 2. The Labute approximate surface area is 251 Å². The summed E-state index contributed by atoms with van der Waals surface area (Å²) in [5.74, 6) is 0.434. The fraction of sp³-hybridized carbons (Fsp3) is 0.750. The topological polar surface area (TPSA) is 129 Å². The Kier molecular flexibility index (Phi) is 12.3. The van der Waals surface area contributed by atoms with E-state index in [-0.39, 0.29) is 23.3 Å². The predicted octanol–water partition coefficient (Wildman–Crippen LogP) is 3.78. The summed E-state index contributed by atoms with van der Waals surface area (Å²) in [5.41, 5.74) is 9.31. The molecule has 10 nitrogen and oxygen atoms in total. The molecule has 1 aliphatic carbocycles. The minimum Gasteiger partial charge on any atom is -0.477 e. The molecule has 1 aromatic rings. The number of nitrogens with zero attached hydrogens (tertiary/aromatic N) is 3. The van der Waals surface area contributed by atoms with Crippen LogP contribution in [0.25, 0.3) is 0 Å². The minimum absolute atomic E-state index is 0.0649. The highest BCUT2D eigenvalue weighted by Crippen LogP contribution is 2.37. The van der Waals surface area contributed by atoms with Gasteiger partial charge < -0.3 is 25.3 Å². The summed E-state index contributed by atoms with van der Waals surface area (Å²) in [6.07, 6.45) is 7.10. The highest BCUT2D eigenvalue weighted by atomic mass is 16.5. The number of rotatable bonds is 16.